The number of rotatable bonds is 7. The molecule has 8 heteroatoms. The van der Waals surface area contributed by atoms with E-state index >= 15 is 0 Å². The maximum Gasteiger partial charge on any atom is 0.271 e. The van der Waals surface area contributed by atoms with Crippen molar-refractivity contribution in [1.29, 1.82) is 0 Å². The molecule has 0 spiro atoms. The minimum atomic E-state index is -0.399. The lowest BCUT2D eigenvalue weighted by molar-refractivity contribution is 0.0851. The van der Waals surface area contributed by atoms with E-state index in [4.69, 9.17) is 9.47 Å². The highest BCUT2D eigenvalue weighted by Crippen LogP contribution is 2.32. The number of nitrogens with zero attached hydrogens (tertiary/aromatic N) is 1. The number of aromatic amines is 1. The molecule has 1 fully saturated rings. The van der Waals surface area contributed by atoms with Gasteiger partial charge in [-0.1, -0.05) is 48.5 Å². The lowest BCUT2D eigenvalue weighted by atomic mass is 10.1. The molecule has 1 amide bonds. The van der Waals surface area contributed by atoms with Gasteiger partial charge in [0.25, 0.3) is 11.5 Å². The van der Waals surface area contributed by atoms with E-state index in [1.54, 1.807) is 30.3 Å². The lowest BCUT2D eigenvalue weighted by Crippen LogP contribution is -2.32. The molecule has 34 heavy (non-hydrogen) atoms. The number of Topliss-reactive ketones (excluding diaryl/α,β-unsaturated/α-hetero) is 1. The van der Waals surface area contributed by atoms with Crippen LogP contribution in [-0.2, 0) is 11.3 Å². The van der Waals surface area contributed by atoms with Crippen molar-refractivity contribution in [2.45, 2.75) is 25.5 Å². The van der Waals surface area contributed by atoms with Crippen LogP contribution in [0.3, 0.4) is 0 Å². The Balaban J connectivity index is 1.61. The van der Waals surface area contributed by atoms with Gasteiger partial charge in [0.15, 0.2) is 11.5 Å². The van der Waals surface area contributed by atoms with E-state index in [-0.39, 0.29) is 41.2 Å². The van der Waals surface area contributed by atoms with Crippen LogP contribution in [0.4, 0.5) is 0 Å². The number of nitrogens with one attached hydrogen (secondary N) is 2. The first kappa shape index (κ1) is 21.9. The molecular formula is C26H25N3O5. The number of aromatic nitrogens is 2. The van der Waals surface area contributed by atoms with Gasteiger partial charge in [-0.2, -0.15) is 0 Å². The van der Waals surface area contributed by atoms with Crippen molar-refractivity contribution in [3.8, 4) is 5.75 Å². The summed E-state index contributed by atoms with van der Waals surface area (Å²) in [7, 11) is 1.42. The maximum atomic E-state index is 13.7. The number of benzene rings is 2. The summed E-state index contributed by atoms with van der Waals surface area (Å²) >= 11 is 0. The number of para-hydroxylation sites is 1. The van der Waals surface area contributed by atoms with Crippen LogP contribution >= 0.6 is 0 Å². The first-order valence-corrected chi connectivity index (χ1v) is 11.3. The standard InChI is InChI=1S/C26H25N3O5/c1-33-24-21-22(28-23(24)25(31)27-14-17-10-7-13-34-17)18-11-5-6-12-19(18)29(26(21)32)15-20(30)16-8-3-2-4-9-16/h2-6,8-9,11-12,17,28H,7,10,13-15H2,1H3,(H,27,31). The number of carbonyl (C=O) groups is 2. The van der Waals surface area contributed by atoms with E-state index in [9.17, 15) is 14.4 Å². The van der Waals surface area contributed by atoms with E-state index in [1.165, 1.54) is 11.7 Å². The van der Waals surface area contributed by atoms with Crippen LogP contribution in [0.1, 0.15) is 33.7 Å². The van der Waals surface area contributed by atoms with E-state index in [0.29, 0.717) is 29.7 Å². The monoisotopic (exact) mass is 459 g/mol. The summed E-state index contributed by atoms with van der Waals surface area (Å²) in [4.78, 5) is 42.7. The highest BCUT2D eigenvalue weighted by Gasteiger charge is 2.26. The molecule has 0 radical (unpaired) electrons. The fourth-order valence-corrected chi connectivity index (χ4v) is 4.53. The molecule has 1 unspecified atom stereocenters. The summed E-state index contributed by atoms with van der Waals surface area (Å²) in [5, 5.41) is 3.83. The van der Waals surface area contributed by atoms with Gasteiger partial charge in [0.2, 0.25) is 0 Å². The van der Waals surface area contributed by atoms with Crippen LogP contribution in [0.15, 0.2) is 59.4 Å². The number of carbonyl (C=O) groups excluding carboxylic acids is 2. The Bertz CT molecular complexity index is 1430. The number of H-pyrrole nitrogens is 1. The summed E-state index contributed by atoms with van der Waals surface area (Å²) in [6.07, 6.45) is 1.86. The normalized spacial score (nSPS) is 15.6. The average Bonchev–Trinajstić information content (AvgIpc) is 3.53. The quantitative estimate of drug-likeness (QED) is 0.413. The Morgan fingerprint density at radius 2 is 1.91 bits per heavy atom. The average molecular weight is 460 g/mol. The van der Waals surface area contributed by atoms with Crippen molar-refractivity contribution in [3.63, 3.8) is 0 Å². The minimum Gasteiger partial charge on any atom is -0.493 e. The third kappa shape index (κ3) is 3.86. The van der Waals surface area contributed by atoms with Gasteiger partial charge in [-0.05, 0) is 18.9 Å². The van der Waals surface area contributed by atoms with Crippen LogP contribution < -0.4 is 15.6 Å². The van der Waals surface area contributed by atoms with E-state index < -0.39 is 5.56 Å². The molecule has 2 aromatic carbocycles. The summed E-state index contributed by atoms with van der Waals surface area (Å²) < 4.78 is 12.6. The van der Waals surface area contributed by atoms with Gasteiger partial charge in [-0.15, -0.1) is 0 Å². The van der Waals surface area contributed by atoms with Crippen LogP contribution in [-0.4, -0.2) is 47.6 Å². The van der Waals surface area contributed by atoms with Crippen molar-refractivity contribution >= 4 is 33.5 Å². The number of hydrogen-bond acceptors (Lipinski definition) is 5. The lowest BCUT2D eigenvalue weighted by Gasteiger charge is -2.11. The molecule has 1 atom stereocenters. The van der Waals surface area contributed by atoms with Crippen molar-refractivity contribution in [3.05, 3.63) is 76.2 Å². The molecule has 4 aromatic rings. The van der Waals surface area contributed by atoms with Gasteiger partial charge in [0.05, 0.1) is 30.8 Å². The summed E-state index contributed by atoms with van der Waals surface area (Å²) in [6, 6.07) is 16.2. The van der Waals surface area contributed by atoms with Gasteiger partial charge < -0.3 is 19.8 Å². The first-order chi connectivity index (χ1) is 16.6. The Kier molecular flexibility index (Phi) is 5.90. The number of ether oxygens (including phenoxy) is 2. The van der Waals surface area contributed by atoms with Crippen molar-refractivity contribution in [1.82, 2.24) is 14.9 Å². The molecular weight excluding hydrogens is 434 g/mol. The summed E-state index contributed by atoms with van der Waals surface area (Å²) in [6.45, 7) is 0.950. The molecule has 0 bridgehead atoms. The molecule has 5 rings (SSSR count). The van der Waals surface area contributed by atoms with Crippen LogP contribution in [0, 0.1) is 0 Å². The number of methoxy groups -OCH3 is 1. The second kappa shape index (κ2) is 9.15. The Labute approximate surface area is 195 Å². The maximum absolute atomic E-state index is 13.7. The molecule has 0 aliphatic carbocycles. The van der Waals surface area contributed by atoms with Crippen molar-refractivity contribution in [2.75, 3.05) is 20.3 Å². The zero-order valence-electron chi connectivity index (χ0n) is 18.8. The molecule has 2 N–H and O–H groups in total. The minimum absolute atomic E-state index is 0.0126. The predicted octanol–water partition coefficient (Wildman–Crippen LogP) is 3.28. The van der Waals surface area contributed by atoms with Gasteiger partial charge in [-0.25, -0.2) is 0 Å². The number of hydrogen-bond donors (Lipinski definition) is 2. The number of ketones is 1. The molecule has 0 saturated carbocycles. The zero-order valence-corrected chi connectivity index (χ0v) is 18.8. The summed E-state index contributed by atoms with van der Waals surface area (Å²) in [5.74, 6) is -0.397. The number of fused-ring (bicyclic) bond motifs is 3. The fraction of sp³-hybridized carbons (Fsp3) is 0.269. The molecule has 8 nitrogen and oxygen atoms in total. The molecule has 174 valence electrons. The molecule has 1 saturated heterocycles. The second-order valence-corrected chi connectivity index (χ2v) is 8.33. The third-order valence-electron chi connectivity index (χ3n) is 6.22. The third-order valence-corrected chi connectivity index (χ3v) is 6.22. The fourth-order valence-electron chi connectivity index (χ4n) is 4.53. The largest absolute Gasteiger partial charge is 0.493 e. The van der Waals surface area contributed by atoms with Crippen LogP contribution in [0.25, 0.3) is 21.8 Å². The van der Waals surface area contributed by atoms with Crippen LogP contribution in [0.5, 0.6) is 5.75 Å². The molecule has 2 aromatic heterocycles. The summed E-state index contributed by atoms with van der Waals surface area (Å²) in [5.41, 5.74) is 1.39. The molecule has 1 aliphatic heterocycles. The predicted molar refractivity (Wildman–Crippen MR) is 129 cm³/mol. The zero-order chi connectivity index (χ0) is 23.7. The van der Waals surface area contributed by atoms with Crippen molar-refractivity contribution in [2.24, 2.45) is 0 Å². The van der Waals surface area contributed by atoms with Gasteiger partial charge in [0, 0.05) is 24.1 Å². The Hall–Kier alpha value is -3.91. The molecule has 3 heterocycles. The SMILES string of the molecule is COc1c(C(=O)NCC2CCCO2)[nH]c2c1c(=O)n(CC(=O)c1ccccc1)c1ccccc21. The Morgan fingerprint density at radius 3 is 2.65 bits per heavy atom. The Morgan fingerprint density at radius 1 is 1.15 bits per heavy atom. The van der Waals surface area contributed by atoms with Crippen molar-refractivity contribution < 1.29 is 19.1 Å². The first-order valence-electron chi connectivity index (χ1n) is 11.3. The van der Waals surface area contributed by atoms with E-state index in [1.807, 2.05) is 24.3 Å². The smallest absolute Gasteiger partial charge is 0.271 e. The van der Waals surface area contributed by atoms with Gasteiger partial charge >= 0.3 is 0 Å². The van der Waals surface area contributed by atoms with Gasteiger partial charge in [-0.3, -0.25) is 19.0 Å². The van der Waals surface area contributed by atoms with Crippen LogP contribution in [0.2, 0.25) is 0 Å². The van der Waals surface area contributed by atoms with E-state index in [2.05, 4.69) is 10.3 Å². The highest BCUT2D eigenvalue weighted by atomic mass is 16.5. The second-order valence-electron chi connectivity index (χ2n) is 8.33. The highest BCUT2D eigenvalue weighted by molar-refractivity contribution is 6.11. The van der Waals surface area contributed by atoms with E-state index in [0.717, 1.165) is 18.2 Å². The number of pyridine rings is 1. The topological polar surface area (TPSA) is 102 Å². The van der Waals surface area contributed by atoms with Gasteiger partial charge in [0.1, 0.15) is 11.1 Å². The molecule has 1 aliphatic rings. The number of amides is 1.